The fraction of sp³-hybridized carbons (Fsp3) is 0.464. The monoisotopic (exact) mass is 444 g/mol. The Hall–Kier alpha value is -2.79. The molecular formula is C28H32N2O3. The third-order valence-electron chi connectivity index (χ3n) is 8.38. The van der Waals surface area contributed by atoms with Crippen LogP contribution in [-0.4, -0.2) is 32.3 Å². The third-order valence-corrected chi connectivity index (χ3v) is 8.38. The van der Waals surface area contributed by atoms with E-state index in [0.717, 1.165) is 36.3 Å². The number of hydrogen-bond donors (Lipinski definition) is 3. The molecule has 0 radical (unpaired) electrons. The van der Waals surface area contributed by atoms with Gasteiger partial charge in [-0.1, -0.05) is 37.5 Å². The van der Waals surface area contributed by atoms with Crippen LogP contribution in [0.1, 0.15) is 91.2 Å². The first-order chi connectivity index (χ1) is 16.2. The van der Waals surface area contributed by atoms with Crippen LogP contribution >= 0.6 is 0 Å². The van der Waals surface area contributed by atoms with Crippen LogP contribution in [0, 0.1) is 5.92 Å². The number of aliphatic hydroxyl groups excluding tert-OH is 1. The van der Waals surface area contributed by atoms with Gasteiger partial charge in [-0.3, -0.25) is 0 Å². The Labute approximate surface area is 193 Å². The summed E-state index contributed by atoms with van der Waals surface area (Å²) in [6.07, 6.45) is 14.0. The number of hydrogen-bond acceptors (Lipinski definition) is 2. The summed E-state index contributed by atoms with van der Waals surface area (Å²) < 4.78 is 2.33. The van der Waals surface area contributed by atoms with Crippen LogP contribution in [0.25, 0.3) is 22.7 Å². The van der Waals surface area contributed by atoms with Crippen molar-refractivity contribution in [2.45, 2.75) is 69.6 Å². The van der Waals surface area contributed by atoms with Crippen LogP contribution in [-0.2, 0) is 0 Å². The SMILES string of the molecule is O=C(O)c1c[nH]c2c1=Cn1c(cc3cccc(C4CCCCC4)c31)[C@H]1C=2CCCC1CCO. The third kappa shape index (κ3) is 3.28. The first-order valence-corrected chi connectivity index (χ1v) is 12.6. The van der Waals surface area contributed by atoms with E-state index < -0.39 is 5.97 Å². The van der Waals surface area contributed by atoms with E-state index in [1.807, 2.05) is 0 Å². The van der Waals surface area contributed by atoms with E-state index in [1.165, 1.54) is 59.8 Å². The molecule has 3 heterocycles. The maximum Gasteiger partial charge on any atom is 0.337 e. The highest BCUT2D eigenvalue weighted by atomic mass is 16.4. The second-order valence-corrected chi connectivity index (χ2v) is 10.2. The largest absolute Gasteiger partial charge is 0.478 e. The molecule has 1 aromatic carbocycles. The average molecular weight is 445 g/mol. The highest BCUT2D eigenvalue weighted by Gasteiger charge is 2.35. The molecule has 172 valence electrons. The summed E-state index contributed by atoms with van der Waals surface area (Å²) in [5, 5.41) is 22.8. The van der Waals surface area contributed by atoms with Gasteiger partial charge in [0.15, 0.2) is 0 Å². The summed E-state index contributed by atoms with van der Waals surface area (Å²) in [4.78, 5) is 15.4. The Morgan fingerprint density at radius 2 is 1.97 bits per heavy atom. The van der Waals surface area contributed by atoms with Crippen LogP contribution in [0.3, 0.4) is 0 Å². The molecule has 3 aliphatic rings. The molecule has 2 saturated carbocycles. The van der Waals surface area contributed by atoms with Gasteiger partial charge in [0.2, 0.25) is 0 Å². The Balaban J connectivity index is 1.68. The average Bonchev–Trinajstić information content (AvgIpc) is 3.38. The van der Waals surface area contributed by atoms with Crippen molar-refractivity contribution in [2.24, 2.45) is 5.92 Å². The molecule has 2 aromatic heterocycles. The first kappa shape index (κ1) is 20.8. The summed E-state index contributed by atoms with van der Waals surface area (Å²) >= 11 is 0. The number of aliphatic hydroxyl groups is 1. The number of para-hydroxylation sites is 1. The maximum atomic E-state index is 12.1. The Morgan fingerprint density at radius 1 is 1.12 bits per heavy atom. The number of carboxylic acids is 1. The van der Waals surface area contributed by atoms with E-state index in [1.54, 1.807) is 6.20 Å². The molecular weight excluding hydrogens is 412 g/mol. The summed E-state index contributed by atoms with van der Waals surface area (Å²) in [5.74, 6) is 0.216. The van der Waals surface area contributed by atoms with Crippen molar-refractivity contribution in [1.29, 1.82) is 0 Å². The van der Waals surface area contributed by atoms with E-state index in [-0.39, 0.29) is 12.5 Å². The molecule has 1 unspecified atom stereocenters. The molecule has 6 rings (SSSR count). The summed E-state index contributed by atoms with van der Waals surface area (Å²) in [7, 11) is 0. The number of benzene rings is 1. The van der Waals surface area contributed by atoms with Crippen molar-refractivity contribution in [3.05, 3.63) is 57.9 Å². The standard InChI is InChI=1S/C28H32N2O3/c31-13-12-18-8-4-11-21-25(18)24-14-19-9-5-10-20(17-6-2-1-3-7-17)27(19)30(24)16-23-22(28(32)33)15-29-26(21)23/h5,9-10,14-18,25,29,31H,1-4,6-8,11-13H2,(H,32,33)/t18?,25-/m1/s1. The van der Waals surface area contributed by atoms with Crippen molar-refractivity contribution < 1.29 is 15.0 Å². The quantitative estimate of drug-likeness (QED) is 0.557. The lowest BCUT2D eigenvalue weighted by Gasteiger charge is -2.33. The number of aromatic amines is 1. The lowest BCUT2D eigenvalue weighted by Crippen LogP contribution is -2.32. The molecule has 2 fully saturated rings. The molecule has 0 spiro atoms. The van der Waals surface area contributed by atoms with E-state index in [9.17, 15) is 15.0 Å². The molecule has 0 saturated heterocycles. The lowest BCUT2D eigenvalue weighted by atomic mass is 9.72. The van der Waals surface area contributed by atoms with E-state index in [0.29, 0.717) is 17.4 Å². The number of aromatic nitrogens is 2. The lowest BCUT2D eigenvalue weighted by molar-refractivity contribution is 0.0696. The Kier molecular flexibility index (Phi) is 5.17. The number of fused-ring (bicyclic) bond motifs is 6. The van der Waals surface area contributed by atoms with Gasteiger partial charge in [0, 0.05) is 46.6 Å². The van der Waals surface area contributed by atoms with Crippen molar-refractivity contribution >= 4 is 28.6 Å². The van der Waals surface area contributed by atoms with Gasteiger partial charge in [0.25, 0.3) is 0 Å². The summed E-state index contributed by atoms with van der Waals surface area (Å²) in [5.41, 5.74) is 5.55. The maximum absolute atomic E-state index is 12.1. The minimum Gasteiger partial charge on any atom is -0.478 e. The minimum absolute atomic E-state index is 0.184. The van der Waals surface area contributed by atoms with Gasteiger partial charge in [-0.05, 0) is 67.6 Å². The number of rotatable bonds is 4. The van der Waals surface area contributed by atoms with Crippen molar-refractivity contribution in [2.75, 3.05) is 6.61 Å². The highest BCUT2D eigenvalue weighted by Crippen LogP contribution is 2.47. The molecule has 0 amide bonds. The van der Waals surface area contributed by atoms with Gasteiger partial charge in [-0.15, -0.1) is 0 Å². The van der Waals surface area contributed by atoms with E-state index in [2.05, 4.69) is 40.0 Å². The molecule has 33 heavy (non-hydrogen) atoms. The molecule has 5 nitrogen and oxygen atoms in total. The van der Waals surface area contributed by atoms with Crippen LogP contribution in [0.5, 0.6) is 0 Å². The van der Waals surface area contributed by atoms with Crippen LogP contribution in [0.2, 0.25) is 0 Å². The fourth-order valence-corrected chi connectivity index (χ4v) is 6.93. The smallest absolute Gasteiger partial charge is 0.337 e. The van der Waals surface area contributed by atoms with Gasteiger partial charge >= 0.3 is 5.97 Å². The Morgan fingerprint density at radius 3 is 2.76 bits per heavy atom. The Bertz CT molecular complexity index is 1340. The van der Waals surface area contributed by atoms with Gasteiger partial charge in [-0.25, -0.2) is 4.79 Å². The zero-order valence-electron chi connectivity index (χ0n) is 19.0. The fourth-order valence-electron chi connectivity index (χ4n) is 6.93. The zero-order valence-corrected chi connectivity index (χ0v) is 19.0. The minimum atomic E-state index is -0.893. The first-order valence-electron chi connectivity index (χ1n) is 12.6. The second-order valence-electron chi connectivity index (χ2n) is 10.2. The molecule has 5 heteroatoms. The summed E-state index contributed by atoms with van der Waals surface area (Å²) in [6.45, 7) is 0.184. The molecule has 3 N–H and O–H groups in total. The second kappa shape index (κ2) is 8.21. The topological polar surface area (TPSA) is 78.2 Å². The van der Waals surface area contributed by atoms with Gasteiger partial charge in [0.05, 0.1) is 11.1 Å². The van der Waals surface area contributed by atoms with Crippen molar-refractivity contribution in [3.8, 4) is 0 Å². The normalized spacial score (nSPS) is 22.9. The number of H-pyrrole nitrogens is 1. The molecule has 0 bridgehead atoms. The van der Waals surface area contributed by atoms with Gasteiger partial charge in [-0.2, -0.15) is 0 Å². The predicted octanol–water partition coefficient (Wildman–Crippen LogP) is 4.43. The molecule has 2 aliphatic carbocycles. The highest BCUT2D eigenvalue weighted by molar-refractivity contribution is 5.91. The number of carbonyl (C=O) groups is 1. The van der Waals surface area contributed by atoms with Crippen LogP contribution < -0.4 is 10.6 Å². The zero-order chi connectivity index (χ0) is 22.5. The van der Waals surface area contributed by atoms with Crippen LogP contribution in [0.15, 0.2) is 30.5 Å². The number of nitrogens with one attached hydrogen (secondary N) is 1. The van der Waals surface area contributed by atoms with Crippen LogP contribution in [0.4, 0.5) is 0 Å². The van der Waals surface area contributed by atoms with Gasteiger partial charge in [0.1, 0.15) is 0 Å². The van der Waals surface area contributed by atoms with E-state index in [4.69, 9.17) is 0 Å². The van der Waals surface area contributed by atoms with Crippen molar-refractivity contribution in [3.63, 3.8) is 0 Å². The number of carboxylic acid groups (broad SMARTS) is 1. The predicted molar refractivity (Wildman–Crippen MR) is 130 cm³/mol. The summed E-state index contributed by atoms with van der Waals surface area (Å²) in [6, 6.07) is 9.02. The molecule has 2 atom stereocenters. The number of nitrogens with zero attached hydrogens (tertiary/aromatic N) is 1. The number of aromatic carboxylic acids is 1. The van der Waals surface area contributed by atoms with Gasteiger partial charge < -0.3 is 19.8 Å². The molecule has 1 aliphatic heterocycles. The van der Waals surface area contributed by atoms with E-state index >= 15 is 0 Å². The molecule has 3 aromatic rings. The van der Waals surface area contributed by atoms with Crippen molar-refractivity contribution in [1.82, 2.24) is 9.55 Å².